The zero-order valence-corrected chi connectivity index (χ0v) is 12.8. The van der Waals surface area contributed by atoms with Gasteiger partial charge in [-0.2, -0.15) is 0 Å². The van der Waals surface area contributed by atoms with Crippen LogP contribution in [0.4, 0.5) is 0 Å². The molecule has 0 saturated carbocycles. The summed E-state index contributed by atoms with van der Waals surface area (Å²) in [4.78, 5) is 12.7. The summed E-state index contributed by atoms with van der Waals surface area (Å²) in [5.74, 6) is -0.943. The fourth-order valence-corrected chi connectivity index (χ4v) is 2.57. The smallest absolute Gasteiger partial charge is 0.329 e. The van der Waals surface area contributed by atoms with Crippen molar-refractivity contribution in [2.24, 2.45) is 0 Å². The van der Waals surface area contributed by atoms with E-state index in [2.05, 4.69) is 11.8 Å². The van der Waals surface area contributed by atoms with Crippen LogP contribution in [0.1, 0.15) is 18.6 Å². The zero-order chi connectivity index (χ0) is 15.2. The lowest BCUT2D eigenvalue weighted by molar-refractivity contribution is -0.142. The van der Waals surface area contributed by atoms with Crippen molar-refractivity contribution >= 4 is 17.6 Å². The van der Waals surface area contributed by atoms with Gasteiger partial charge in [0.25, 0.3) is 0 Å². The van der Waals surface area contributed by atoms with E-state index in [4.69, 9.17) is 26.2 Å². The van der Waals surface area contributed by atoms with E-state index in [0.717, 1.165) is 12.1 Å². The average Bonchev–Trinajstić information content (AvgIpc) is 2.45. The molecule has 1 saturated heterocycles. The van der Waals surface area contributed by atoms with Gasteiger partial charge in [0.15, 0.2) is 0 Å². The molecule has 0 radical (unpaired) electrons. The lowest BCUT2D eigenvalue weighted by atomic mass is 10.1. The molecule has 6 heteroatoms. The van der Waals surface area contributed by atoms with Crippen LogP contribution in [0.5, 0.6) is 0 Å². The minimum absolute atomic E-state index is 0.0145. The number of rotatable bonds is 6. The molecule has 0 aliphatic carbocycles. The number of ether oxygens (including phenoxy) is 2. The lowest BCUT2D eigenvalue weighted by Crippen LogP contribution is -2.46. The van der Waals surface area contributed by atoms with Crippen molar-refractivity contribution in [3.63, 3.8) is 0 Å². The van der Waals surface area contributed by atoms with Gasteiger partial charge in [0.05, 0.1) is 19.3 Å². The number of hydrogen-bond donors (Lipinski definition) is 1. The van der Waals surface area contributed by atoms with Crippen molar-refractivity contribution in [2.45, 2.75) is 19.1 Å². The summed E-state index contributed by atoms with van der Waals surface area (Å²) in [6.45, 7) is 4.31. The maximum Gasteiger partial charge on any atom is 0.329 e. The molecular formula is C15H20ClNO4. The predicted molar refractivity (Wildman–Crippen MR) is 79.6 cm³/mol. The van der Waals surface area contributed by atoms with Gasteiger partial charge in [-0.05, 0) is 24.6 Å². The fourth-order valence-electron chi connectivity index (χ4n) is 2.37. The maximum atomic E-state index is 10.4. The second-order valence-electron chi connectivity index (χ2n) is 5.17. The van der Waals surface area contributed by atoms with Gasteiger partial charge in [-0.25, -0.2) is 4.79 Å². The third kappa shape index (κ3) is 4.97. The Morgan fingerprint density at radius 3 is 3.10 bits per heavy atom. The van der Waals surface area contributed by atoms with E-state index >= 15 is 0 Å². The van der Waals surface area contributed by atoms with Gasteiger partial charge in [-0.15, -0.1) is 0 Å². The Hall–Kier alpha value is -1.14. The monoisotopic (exact) mass is 313 g/mol. The molecule has 2 rings (SSSR count). The van der Waals surface area contributed by atoms with Crippen LogP contribution in [-0.4, -0.2) is 54.9 Å². The number of carboxylic acid groups (broad SMARTS) is 1. The third-order valence-corrected chi connectivity index (χ3v) is 3.77. The van der Waals surface area contributed by atoms with E-state index in [1.165, 1.54) is 0 Å². The van der Waals surface area contributed by atoms with Gasteiger partial charge in [-0.1, -0.05) is 23.7 Å². The minimum atomic E-state index is -0.943. The molecule has 0 spiro atoms. The highest BCUT2D eigenvalue weighted by molar-refractivity contribution is 6.30. The Morgan fingerprint density at radius 2 is 2.38 bits per heavy atom. The van der Waals surface area contributed by atoms with Gasteiger partial charge in [0.2, 0.25) is 0 Å². The number of carboxylic acids is 1. The lowest BCUT2D eigenvalue weighted by Gasteiger charge is -2.38. The maximum absolute atomic E-state index is 10.4. The highest BCUT2D eigenvalue weighted by Crippen LogP contribution is 2.26. The molecule has 2 atom stereocenters. The molecule has 1 aromatic rings. The van der Waals surface area contributed by atoms with E-state index in [1.807, 2.05) is 24.3 Å². The molecule has 1 aliphatic rings. The molecule has 0 amide bonds. The Labute approximate surface area is 129 Å². The molecule has 1 aromatic carbocycles. The van der Waals surface area contributed by atoms with Gasteiger partial charge in [0, 0.05) is 24.2 Å². The third-order valence-electron chi connectivity index (χ3n) is 3.53. The Balaban J connectivity index is 1.88. The second kappa shape index (κ2) is 7.75. The van der Waals surface area contributed by atoms with E-state index in [-0.39, 0.29) is 18.8 Å². The Kier molecular flexibility index (Phi) is 5.99. The van der Waals surface area contributed by atoms with Gasteiger partial charge < -0.3 is 14.6 Å². The zero-order valence-electron chi connectivity index (χ0n) is 12.0. The molecule has 0 bridgehead atoms. The van der Waals surface area contributed by atoms with Crippen LogP contribution in [0.15, 0.2) is 24.3 Å². The van der Waals surface area contributed by atoms with E-state index in [1.54, 1.807) is 0 Å². The van der Waals surface area contributed by atoms with Crippen LogP contribution in [-0.2, 0) is 14.3 Å². The van der Waals surface area contributed by atoms with Crippen molar-refractivity contribution in [2.75, 3.05) is 32.9 Å². The van der Waals surface area contributed by atoms with Crippen LogP contribution < -0.4 is 0 Å². The number of benzene rings is 1. The number of carbonyl (C=O) groups is 1. The van der Waals surface area contributed by atoms with E-state index in [0.29, 0.717) is 24.8 Å². The van der Waals surface area contributed by atoms with Crippen LogP contribution in [0.25, 0.3) is 0 Å². The molecule has 1 N–H and O–H groups in total. The van der Waals surface area contributed by atoms with Gasteiger partial charge in [-0.3, -0.25) is 4.90 Å². The molecule has 5 nitrogen and oxygen atoms in total. The number of hydrogen-bond acceptors (Lipinski definition) is 4. The van der Waals surface area contributed by atoms with E-state index in [9.17, 15) is 4.79 Å². The van der Waals surface area contributed by atoms with Gasteiger partial charge in [0.1, 0.15) is 6.61 Å². The Morgan fingerprint density at radius 1 is 1.57 bits per heavy atom. The molecule has 116 valence electrons. The summed E-state index contributed by atoms with van der Waals surface area (Å²) in [5, 5.41) is 9.25. The van der Waals surface area contributed by atoms with Gasteiger partial charge >= 0.3 is 5.97 Å². The topological polar surface area (TPSA) is 59.0 Å². The molecule has 1 heterocycles. The van der Waals surface area contributed by atoms with Crippen molar-refractivity contribution in [3.05, 3.63) is 34.9 Å². The Bertz CT molecular complexity index is 482. The number of aliphatic carboxylic acids is 1. The first-order valence-corrected chi connectivity index (χ1v) is 7.34. The summed E-state index contributed by atoms with van der Waals surface area (Å²) in [6, 6.07) is 7.97. The first kappa shape index (κ1) is 16.2. The second-order valence-corrected chi connectivity index (χ2v) is 5.60. The highest BCUT2D eigenvalue weighted by Gasteiger charge is 2.26. The average molecular weight is 314 g/mol. The van der Waals surface area contributed by atoms with Crippen LogP contribution in [0.3, 0.4) is 0 Å². The molecular weight excluding hydrogens is 294 g/mol. The van der Waals surface area contributed by atoms with E-state index < -0.39 is 5.97 Å². The standard InChI is InChI=1S/C15H20ClNO4/c1-11-9-21-14(12-3-2-4-13(16)7-12)8-17(11)5-6-20-10-15(18)19/h2-4,7,11,14H,5-6,8-10H2,1H3,(H,18,19). The van der Waals surface area contributed by atoms with Crippen molar-refractivity contribution in [1.82, 2.24) is 4.90 Å². The first-order valence-electron chi connectivity index (χ1n) is 6.97. The number of halogens is 1. The molecule has 21 heavy (non-hydrogen) atoms. The largest absolute Gasteiger partial charge is 0.480 e. The van der Waals surface area contributed by atoms with Crippen molar-refractivity contribution in [3.8, 4) is 0 Å². The molecule has 1 aliphatic heterocycles. The normalized spacial score (nSPS) is 23.1. The quantitative estimate of drug-likeness (QED) is 0.816. The minimum Gasteiger partial charge on any atom is -0.480 e. The summed E-state index contributed by atoms with van der Waals surface area (Å²) < 4.78 is 11.0. The summed E-state index contributed by atoms with van der Waals surface area (Å²) in [5.41, 5.74) is 1.06. The van der Waals surface area contributed by atoms with Crippen LogP contribution >= 0.6 is 11.6 Å². The molecule has 2 unspecified atom stereocenters. The summed E-state index contributed by atoms with van der Waals surface area (Å²) in [7, 11) is 0. The molecule has 1 fully saturated rings. The summed E-state index contributed by atoms with van der Waals surface area (Å²) in [6.07, 6.45) is -0.0145. The summed E-state index contributed by atoms with van der Waals surface area (Å²) >= 11 is 6.02. The number of morpholine rings is 1. The predicted octanol–water partition coefficient (Wildman–Crippen LogP) is 2.20. The van der Waals surface area contributed by atoms with Crippen LogP contribution in [0, 0.1) is 0 Å². The van der Waals surface area contributed by atoms with Crippen molar-refractivity contribution in [1.29, 1.82) is 0 Å². The fraction of sp³-hybridized carbons (Fsp3) is 0.533. The SMILES string of the molecule is CC1COC(c2cccc(Cl)c2)CN1CCOCC(=O)O. The number of nitrogens with zero attached hydrogens (tertiary/aromatic N) is 1. The van der Waals surface area contributed by atoms with Crippen LogP contribution in [0.2, 0.25) is 5.02 Å². The first-order chi connectivity index (χ1) is 10.1. The highest BCUT2D eigenvalue weighted by atomic mass is 35.5. The van der Waals surface area contributed by atoms with Crippen molar-refractivity contribution < 1.29 is 19.4 Å². The molecule has 0 aromatic heterocycles.